The number of halogens is 1. The van der Waals surface area contributed by atoms with E-state index in [4.69, 9.17) is 28.0 Å². The summed E-state index contributed by atoms with van der Waals surface area (Å²) in [5.74, 6) is 0.147. The number of aliphatic hydroxyl groups excluding tert-OH is 1. The number of amides is 1. The highest BCUT2D eigenvalue weighted by Crippen LogP contribution is 2.30. The zero-order valence-electron chi connectivity index (χ0n) is 16.9. The van der Waals surface area contributed by atoms with Gasteiger partial charge in [0.25, 0.3) is 5.91 Å². The van der Waals surface area contributed by atoms with E-state index in [0.717, 1.165) is 16.7 Å². The minimum absolute atomic E-state index is 0.0162. The van der Waals surface area contributed by atoms with Crippen LogP contribution in [0.1, 0.15) is 44.1 Å². The molecular formula is C23H23ClN4O2. The lowest BCUT2D eigenvalue weighted by Crippen LogP contribution is -2.48. The van der Waals surface area contributed by atoms with Crippen molar-refractivity contribution in [2.45, 2.75) is 19.8 Å². The van der Waals surface area contributed by atoms with Crippen LogP contribution in [0.25, 0.3) is 0 Å². The number of nitriles is 1. The summed E-state index contributed by atoms with van der Waals surface area (Å²) in [4.78, 5) is 14.8. The molecule has 7 heteroatoms. The number of benzene rings is 2. The molecule has 1 aliphatic rings. The van der Waals surface area contributed by atoms with Crippen molar-refractivity contribution in [2.75, 3.05) is 19.7 Å². The standard InChI is InChI=1S/C23H23ClN4O2/c1-13-7-14(2)19(8-18(13)22(27)21(24)20(26)12-29)23(30)28-10-17(11-28)16-5-3-15(9-25)4-6-16/h3-8,17,27,29H,10-12,26H2,1-2H3. The summed E-state index contributed by atoms with van der Waals surface area (Å²) in [6.07, 6.45) is 0. The van der Waals surface area contributed by atoms with Crippen LogP contribution in [0.2, 0.25) is 0 Å². The third-order valence-corrected chi connectivity index (χ3v) is 5.85. The van der Waals surface area contributed by atoms with Gasteiger partial charge >= 0.3 is 0 Å². The van der Waals surface area contributed by atoms with E-state index in [-0.39, 0.29) is 28.3 Å². The Kier molecular flexibility index (Phi) is 6.25. The highest BCUT2D eigenvalue weighted by atomic mass is 35.5. The van der Waals surface area contributed by atoms with E-state index < -0.39 is 6.61 Å². The first-order valence-electron chi connectivity index (χ1n) is 9.51. The number of hydrogen-bond acceptors (Lipinski definition) is 5. The lowest BCUT2D eigenvalue weighted by molar-refractivity contribution is 0.0601. The number of aliphatic hydroxyl groups is 1. The molecule has 2 aromatic rings. The number of nitrogens with zero attached hydrogens (tertiary/aromatic N) is 2. The second-order valence-electron chi connectivity index (χ2n) is 7.50. The smallest absolute Gasteiger partial charge is 0.254 e. The topological polar surface area (TPSA) is 114 Å². The van der Waals surface area contributed by atoms with E-state index in [1.54, 1.807) is 23.1 Å². The minimum atomic E-state index is -0.442. The third-order valence-electron chi connectivity index (χ3n) is 5.42. The van der Waals surface area contributed by atoms with Crippen molar-refractivity contribution in [2.24, 2.45) is 5.73 Å². The fraction of sp³-hybridized carbons (Fsp3) is 0.261. The summed E-state index contributed by atoms with van der Waals surface area (Å²) >= 11 is 6.12. The van der Waals surface area contributed by atoms with Gasteiger partial charge in [-0.3, -0.25) is 10.2 Å². The number of aryl methyl sites for hydroxylation is 2. The lowest BCUT2D eigenvalue weighted by Gasteiger charge is -2.40. The van der Waals surface area contributed by atoms with Crippen molar-refractivity contribution in [3.63, 3.8) is 0 Å². The van der Waals surface area contributed by atoms with Gasteiger partial charge in [0.15, 0.2) is 0 Å². The van der Waals surface area contributed by atoms with Gasteiger partial charge in [-0.15, -0.1) is 0 Å². The Labute approximate surface area is 180 Å². The molecule has 1 amide bonds. The van der Waals surface area contributed by atoms with Gasteiger partial charge in [0.2, 0.25) is 0 Å². The predicted octanol–water partition coefficient (Wildman–Crippen LogP) is 3.18. The number of likely N-dealkylation sites (tertiary alicyclic amines) is 1. The number of carbonyl (C=O) groups is 1. The molecular weight excluding hydrogens is 400 g/mol. The number of rotatable bonds is 5. The minimum Gasteiger partial charge on any atom is -0.399 e. The number of hydrogen-bond donors (Lipinski definition) is 3. The normalized spacial score (nSPS) is 14.6. The molecule has 1 fully saturated rings. The number of carbonyl (C=O) groups excluding carboxylic acids is 1. The van der Waals surface area contributed by atoms with Gasteiger partial charge in [-0.25, -0.2) is 0 Å². The first-order chi connectivity index (χ1) is 14.3. The highest BCUT2D eigenvalue weighted by molar-refractivity contribution is 6.46. The van der Waals surface area contributed by atoms with E-state index in [1.807, 2.05) is 32.0 Å². The van der Waals surface area contributed by atoms with Crippen LogP contribution in [0.3, 0.4) is 0 Å². The Hall–Kier alpha value is -3.14. The molecule has 0 atom stereocenters. The molecule has 0 aliphatic carbocycles. The van der Waals surface area contributed by atoms with Crippen LogP contribution in [0.4, 0.5) is 0 Å². The monoisotopic (exact) mass is 422 g/mol. The molecule has 154 valence electrons. The molecule has 1 heterocycles. The summed E-state index contributed by atoms with van der Waals surface area (Å²) < 4.78 is 0. The van der Waals surface area contributed by atoms with Crippen molar-refractivity contribution < 1.29 is 9.90 Å². The molecule has 0 spiro atoms. The molecule has 6 nitrogen and oxygen atoms in total. The van der Waals surface area contributed by atoms with Gasteiger partial charge < -0.3 is 15.7 Å². The third kappa shape index (κ3) is 4.09. The molecule has 4 N–H and O–H groups in total. The summed E-state index contributed by atoms with van der Waals surface area (Å²) in [7, 11) is 0. The SMILES string of the molecule is Cc1cc(C)c(C(=O)N2CC(c3ccc(C#N)cc3)C2)cc1C(=N)C(Cl)=C(N)CO. The number of nitrogens with two attached hydrogens (primary N) is 1. The van der Waals surface area contributed by atoms with Gasteiger partial charge in [0.1, 0.15) is 0 Å². The Balaban J connectivity index is 1.80. The molecule has 1 aliphatic heterocycles. The molecule has 2 aromatic carbocycles. The quantitative estimate of drug-likeness (QED) is 0.642. The maximum Gasteiger partial charge on any atom is 0.254 e. The summed E-state index contributed by atoms with van der Waals surface area (Å²) in [6, 6.07) is 13.1. The maximum absolute atomic E-state index is 13.1. The van der Waals surface area contributed by atoms with Crippen LogP contribution in [-0.4, -0.2) is 41.3 Å². The molecule has 3 rings (SSSR count). The van der Waals surface area contributed by atoms with Crippen LogP contribution in [-0.2, 0) is 0 Å². The second-order valence-corrected chi connectivity index (χ2v) is 7.87. The maximum atomic E-state index is 13.1. The van der Waals surface area contributed by atoms with Crippen LogP contribution in [0.15, 0.2) is 47.1 Å². The van der Waals surface area contributed by atoms with E-state index in [0.29, 0.717) is 29.8 Å². The van der Waals surface area contributed by atoms with Gasteiger partial charge in [0, 0.05) is 30.1 Å². The number of nitrogens with one attached hydrogen (secondary N) is 1. The molecule has 1 saturated heterocycles. The molecule has 0 saturated carbocycles. The van der Waals surface area contributed by atoms with Crippen molar-refractivity contribution in [1.29, 1.82) is 10.7 Å². The molecule has 0 unspecified atom stereocenters. The summed E-state index contributed by atoms with van der Waals surface area (Å²) in [5, 5.41) is 26.4. The van der Waals surface area contributed by atoms with Crippen LogP contribution in [0, 0.1) is 30.6 Å². The molecule has 30 heavy (non-hydrogen) atoms. The average Bonchev–Trinajstić information content (AvgIpc) is 2.71. The van der Waals surface area contributed by atoms with E-state index >= 15 is 0 Å². The van der Waals surface area contributed by atoms with Crippen molar-refractivity contribution >= 4 is 23.2 Å². The van der Waals surface area contributed by atoms with E-state index in [9.17, 15) is 9.90 Å². The first-order valence-corrected chi connectivity index (χ1v) is 9.89. The summed E-state index contributed by atoms with van der Waals surface area (Å²) in [5.41, 5.74) is 10.0. The fourth-order valence-electron chi connectivity index (χ4n) is 3.56. The lowest BCUT2D eigenvalue weighted by atomic mass is 9.89. The van der Waals surface area contributed by atoms with Crippen molar-refractivity contribution in [3.8, 4) is 6.07 Å². The predicted molar refractivity (Wildman–Crippen MR) is 117 cm³/mol. The van der Waals surface area contributed by atoms with Gasteiger partial charge in [-0.2, -0.15) is 5.26 Å². The van der Waals surface area contributed by atoms with E-state index in [1.165, 1.54) is 0 Å². The van der Waals surface area contributed by atoms with Crippen molar-refractivity contribution in [1.82, 2.24) is 4.90 Å². The summed E-state index contributed by atoms with van der Waals surface area (Å²) in [6.45, 7) is 4.47. The van der Waals surface area contributed by atoms with Crippen molar-refractivity contribution in [3.05, 3.63) is 80.5 Å². The average molecular weight is 423 g/mol. The Morgan fingerprint density at radius 2 is 1.83 bits per heavy atom. The van der Waals surface area contributed by atoms with Gasteiger partial charge in [-0.1, -0.05) is 29.8 Å². The molecule has 0 aromatic heterocycles. The van der Waals surface area contributed by atoms with Gasteiger partial charge in [-0.05, 0) is 48.7 Å². The zero-order chi connectivity index (χ0) is 22.0. The Morgan fingerprint density at radius 3 is 2.40 bits per heavy atom. The second kappa shape index (κ2) is 8.70. The molecule has 0 radical (unpaired) electrons. The fourth-order valence-corrected chi connectivity index (χ4v) is 3.72. The number of allylic oxidation sites excluding steroid dienone is 1. The van der Waals surface area contributed by atoms with E-state index in [2.05, 4.69) is 6.07 Å². The first kappa shape index (κ1) is 21.6. The van der Waals surface area contributed by atoms with Crippen LogP contribution < -0.4 is 5.73 Å². The Bertz CT molecular complexity index is 1080. The Morgan fingerprint density at radius 1 is 1.23 bits per heavy atom. The highest BCUT2D eigenvalue weighted by Gasteiger charge is 2.33. The van der Waals surface area contributed by atoms with Gasteiger partial charge in [0.05, 0.1) is 34.7 Å². The largest absolute Gasteiger partial charge is 0.399 e. The van der Waals surface area contributed by atoms with Crippen LogP contribution >= 0.6 is 11.6 Å². The van der Waals surface area contributed by atoms with Crippen LogP contribution in [0.5, 0.6) is 0 Å². The molecule has 0 bridgehead atoms. The zero-order valence-corrected chi connectivity index (χ0v) is 17.6.